The molecule has 0 fully saturated rings. The number of halogens is 2. The average Bonchev–Trinajstić information content (AvgIpc) is 2.37. The number of rotatable bonds is 2. The van der Waals surface area contributed by atoms with Crippen molar-refractivity contribution in [1.82, 2.24) is 0 Å². The summed E-state index contributed by atoms with van der Waals surface area (Å²) in [7, 11) is 0. The lowest BCUT2D eigenvalue weighted by Gasteiger charge is -2.09. The first-order valence-corrected chi connectivity index (χ1v) is 6.29. The van der Waals surface area contributed by atoms with Crippen LogP contribution < -0.4 is 5.32 Å². The summed E-state index contributed by atoms with van der Waals surface area (Å²) in [4.78, 5) is 12.1. The van der Waals surface area contributed by atoms with Crippen LogP contribution in [0.25, 0.3) is 0 Å². The summed E-state index contributed by atoms with van der Waals surface area (Å²) < 4.78 is 0. The number of phenols is 1. The van der Waals surface area contributed by atoms with Crippen LogP contribution in [-0.4, -0.2) is 11.0 Å². The standard InChI is InChI=1S/C14H11Cl2NO2/c1-8-3-2-4-10(13(8)16)14(19)17-9-5-6-11(15)12(18)7-9/h2-7,18H,1H3,(H,17,19). The van der Waals surface area contributed by atoms with Gasteiger partial charge in [-0.15, -0.1) is 0 Å². The van der Waals surface area contributed by atoms with E-state index in [1.165, 1.54) is 12.1 Å². The van der Waals surface area contributed by atoms with E-state index in [0.717, 1.165) is 5.56 Å². The van der Waals surface area contributed by atoms with Crippen molar-refractivity contribution in [2.75, 3.05) is 5.32 Å². The van der Waals surface area contributed by atoms with Crippen molar-refractivity contribution < 1.29 is 9.90 Å². The van der Waals surface area contributed by atoms with Crippen LogP contribution in [0.5, 0.6) is 5.75 Å². The molecule has 0 aliphatic rings. The molecular formula is C14H11Cl2NO2. The first kappa shape index (κ1) is 13.7. The lowest BCUT2D eigenvalue weighted by Crippen LogP contribution is -2.12. The maximum absolute atomic E-state index is 12.1. The molecule has 0 saturated heterocycles. The number of nitrogens with one attached hydrogen (secondary N) is 1. The molecule has 0 spiro atoms. The number of benzene rings is 2. The molecule has 1 amide bonds. The monoisotopic (exact) mass is 295 g/mol. The Bertz CT molecular complexity index is 641. The van der Waals surface area contributed by atoms with Crippen molar-refractivity contribution in [3.63, 3.8) is 0 Å². The summed E-state index contributed by atoms with van der Waals surface area (Å²) in [6.07, 6.45) is 0. The van der Waals surface area contributed by atoms with Crippen LogP contribution in [0, 0.1) is 6.92 Å². The number of carbonyl (C=O) groups excluding carboxylic acids is 1. The van der Waals surface area contributed by atoms with Crippen LogP contribution in [0.4, 0.5) is 5.69 Å². The van der Waals surface area contributed by atoms with E-state index in [0.29, 0.717) is 16.3 Å². The van der Waals surface area contributed by atoms with Gasteiger partial charge in [-0.3, -0.25) is 4.79 Å². The molecule has 2 N–H and O–H groups in total. The summed E-state index contributed by atoms with van der Waals surface area (Å²) in [5.74, 6) is -0.426. The van der Waals surface area contributed by atoms with Gasteiger partial charge in [-0.25, -0.2) is 0 Å². The van der Waals surface area contributed by atoms with Gasteiger partial charge in [0.05, 0.1) is 15.6 Å². The maximum atomic E-state index is 12.1. The fourth-order valence-electron chi connectivity index (χ4n) is 1.61. The Balaban J connectivity index is 2.26. The highest BCUT2D eigenvalue weighted by Gasteiger charge is 2.12. The van der Waals surface area contributed by atoms with Crippen LogP contribution >= 0.6 is 23.2 Å². The minimum absolute atomic E-state index is 0.0881. The van der Waals surface area contributed by atoms with Crippen LogP contribution in [0.15, 0.2) is 36.4 Å². The van der Waals surface area contributed by atoms with E-state index in [9.17, 15) is 9.90 Å². The van der Waals surface area contributed by atoms with Crippen LogP contribution in [-0.2, 0) is 0 Å². The fraction of sp³-hybridized carbons (Fsp3) is 0.0714. The molecule has 0 unspecified atom stereocenters. The summed E-state index contributed by atoms with van der Waals surface area (Å²) in [5, 5.41) is 12.8. The second kappa shape index (κ2) is 5.51. The van der Waals surface area contributed by atoms with Crippen molar-refractivity contribution in [2.24, 2.45) is 0 Å². The summed E-state index contributed by atoms with van der Waals surface area (Å²) in [6, 6.07) is 9.71. The zero-order valence-electron chi connectivity index (χ0n) is 10.1. The van der Waals surface area contributed by atoms with Gasteiger partial charge < -0.3 is 10.4 Å². The molecule has 0 radical (unpaired) electrons. The Hall–Kier alpha value is -1.71. The van der Waals surface area contributed by atoms with Crippen LogP contribution in [0.2, 0.25) is 10.0 Å². The molecule has 0 heterocycles. The SMILES string of the molecule is Cc1cccc(C(=O)Nc2ccc(Cl)c(O)c2)c1Cl. The fourth-order valence-corrected chi connectivity index (χ4v) is 1.94. The smallest absolute Gasteiger partial charge is 0.257 e. The lowest BCUT2D eigenvalue weighted by molar-refractivity contribution is 0.102. The third kappa shape index (κ3) is 3.00. The molecule has 19 heavy (non-hydrogen) atoms. The maximum Gasteiger partial charge on any atom is 0.257 e. The van der Waals surface area contributed by atoms with E-state index in [1.807, 2.05) is 13.0 Å². The first-order chi connectivity index (χ1) is 8.99. The topological polar surface area (TPSA) is 49.3 Å². The summed E-state index contributed by atoms with van der Waals surface area (Å²) >= 11 is 11.8. The van der Waals surface area contributed by atoms with Gasteiger partial charge in [-0.05, 0) is 30.7 Å². The van der Waals surface area contributed by atoms with E-state index in [1.54, 1.807) is 18.2 Å². The molecule has 0 bridgehead atoms. The van der Waals surface area contributed by atoms with Gasteiger partial charge in [-0.1, -0.05) is 35.3 Å². The van der Waals surface area contributed by atoms with Crippen LogP contribution in [0.1, 0.15) is 15.9 Å². The summed E-state index contributed by atoms with van der Waals surface area (Å²) in [6.45, 7) is 1.83. The Morgan fingerprint density at radius 3 is 2.63 bits per heavy atom. The van der Waals surface area contributed by atoms with Gasteiger partial charge in [0.2, 0.25) is 0 Å². The number of aryl methyl sites for hydroxylation is 1. The zero-order chi connectivity index (χ0) is 14.0. The van der Waals surface area contributed by atoms with E-state index < -0.39 is 0 Å². The molecule has 0 aliphatic carbocycles. The number of hydrogen-bond acceptors (Lipinski definition) is 2. The van der Waals surface area contributed by atoms with Gasteiger partial charge in [0.25, 0.3) is 5.91 Å². The molecule has 2 aromatic rings. The van der Waals surface area contributed by atoms with Gasteiger partial charge in [-0.2, -0.15) is 0 Å². The van der Waals surface area contributed by atoms with Crippen molar-refractivity contribution in [2.45, 2.75) is 6.92 Å². The van der Waals surface area contributed by atoms with Crippen molar-refractivity contribution in [3.05, 3.63) is 57.6 Å². The van der Waals surface area contributed by atoms with Crippen molar-refractivity contribution >= 4 is 34.8 Å². The van der Waals surface area contributed by atoms with E-state index in [4.69, 9.17) is 23.2 Å². The number of amides is 1. The van der Waals surface area contributed by atoms with Gasteiger partial charge in [0.15, 0.2) is 0 Å². The highest BCUT2D eigenvalue weighted by molar-refractivity contribution is 6.35. The van der Waals surface area contributed by atoms with E-state index in [-0.39, 0.29) is 16.7 Å². The van der Waals surface area contributed by atoms with Gasteiger partial charge in [0, 0.05) is 11.8 Å². The molecule has 98 valence electrons. The minimum Gasteiger partial charge on any atom is -0.506 e. The second-order valence-electron chi connectivity index (χ2n) is 4.06. The molecule has 5 heteroatoms. The Kier molecular flexibility index (Phi) is 3.98. The molecule has 0 aromatic heterocycles. The highest BCUT2D eigenvalue weighted by Crippen LogP contribution is 2.27. The normalized spacial score (nSPS) is 10.3. The number of carbonyl (C=O) groups is 1. The molecular weight excluding hydrogens is 285 g/mol. The quantitative estimate of drug-likeness (QED) is 0.870. The Morgan fingerprint density at radius 2 is 1.95 bits per heavy atom. The Morgan fingerprint density at radius 1 is 1.21 bits per heavy atom. The largest absolute Gasteiger partial charge is 0.506 e. The zero-order valence-corrected chi connectivity index (χ0v) is 11.6. The molecule has 2 rings (SSSR count). The number of hydrogen-bond donors (Lipinski definition) is 2. The van der Waals surface area contributed by atoms with Crippen molar-refractivity contribution in [1.29, 1.82) is 0 Å². The second-order valence-corrected chi connectivity index (χ2v) is 4.84. The third-order valence-electron chi connectivity index (χ3n) is 2.64. The van der Waals surface area contributed by atoms with Crippen LogP contribution in [0.3, 0.4) is 0 Å². The highest BCUT2D eigenvalue weighted by atomic mass is 35.5. The summed E-state index contributed by atoms with van der Waals surface area (Å²) in [5.41, 5.74) is 1.66. The average molecular weight is 296 g/mol. The Labute approximate surface area is 120 Å². The molecule has 2 aromatic carbocycles. The molecule has 0 saturated carbocycles. The molecule has 3 nitrogen and oxygen atoms in total. The van der Waals surface area contributed by atoms with Gasteiger partial charge in [0.1, 0.15) is 5.75 Å². The van der Waals surface area contributed by atoms with Crippen molar-refractivity contribution in [3.8, 4) is 5.75 Å². The predicted molar refractivity (Wildman–Crippen MR) is 77.3 cm³/mol. The lowest BCUT2D eigenvalue weighted by atomic mass is 10.1. The molecule has 0 aliphatic heterocycles. The predicted octanol–water partition coefficient (Wildman–Crippen LogP) is 4.26. The first-order valence-electron chi connectivity index (χ1n) is 5.54. The number of aromatic hydroxyl groups is 1. The minimum atomic E-state index is -0.338. The number of anilines is 1. The third-order valence-corrected chi connectivity index (χ3v) is 3.46. The number of phenolic OH excluding ortho intramolecular Hbond substituents is 1. The van der Waals surface area contributed by atoms with E-state index >= 15 is 0 Å². The van der Waals surface area contributed by atoms with Gasteiger partial charge >= 0.3 is 0 Å². The van der Waals surface area contributed by atoms with E-state index in [2.05, 4.69) is 5.32 Å². The molecule has 0 atom stereocenters.